The van der Waals surface area contributed by atoms with Crippen molar-refractivity contribution in [1.82, 2.24) is 14.4 Å². The number of halogens is 1. The molecule has 118 valence electrons. The second kappa shape index (κ2) is 5.98. The number of para-hydroxylation sites is 1. The average Bonchev–Trinajstić information content (AvgIpc) is 2.96. The van der Waals surface area contributed by atoms with E-state index in [9.17, 15) is 0 Å². The molecule has 0 atom stereocenters. The van der Waals surface area contributed by atoms with Crippen LogP contribution in [0.5, 0.6) is 0 Å². The minimum absolute atomic E-state index is 0.651. The summed E-state index contributed by atoms with van der Waals surface area (Å²) < 4.78 is 1.95. The Morgan fingerprint density at radius 3 is 2.58 bits per heavy atom. The first-order valence-corrected chi connectivity index (χ1v) is 8.02. The summed E-state index contributed by atoms with van der Waals surface area (Å²) in [4.78, 5) is 9.04. The fraction of sp³-hybridized carbons (Fsp3) is 0.0526. The molecule has 0 unspecified atom stereocenters. The van der Waals surface area contributed by atoms with E-state index in [1.807, 2.05) is 53.1 Å². The summed E-state index contributed by atoms with van der Waals surface area (Å²) >= 11 is 6.01. The normalized spacial score (nSPS) is 10.9. The lowest BCUT2D eigenvalue weighted by atomic mass is 10.1. The van der Waals surface area contributed by atoms with E-state index in [2.05, 4.69) is 34.3 Å². The first kappa shape index (κ1) is 14.7. The van der Waals surface area contributed by atoms with E-state index >= 15 is 0 Å². The van der Waals surface area contributed by atoms with Crippen LogP contribution in [0.3, 0.4) is 0 Å². The lowest BCUT2D eigenvalue weighted by Crippen LogP contribution is -1.98. The van der Waals surface area contributed by atoms with Crippen LogP contribution in [0.2, 0.25) is 5.02 Å². The van der Waals surface area contributed by atoms with Gasteiger partial charge in [0, 0.05) is 28.7 Å². The maximum atomic E-state index is 6.01. The maximum absolute atomic E-state index is 6.01. The van der Waals surface area contributed by atoms with Gasteiger partial charge in [0.1, 0.15) is 11.5 Å². The number of anilines is 2. The molecule has 1 N–H and O–H groups in total. The Kier molecular flexibility index (Phi) is 3.67. The van der Waals surface area contributed by atoms with Crippen molar-refractivity contribution in [3.8, 4) is 11.3 Å². The number of nitrogens with zero attached hydrogens (tertiary/aromatic N) is 3. The fourth-order valence-corrected chi connectivity index (χ4v) is 2.78. The van der Waals surface area contributed by atoms with Crippen LogP contribution in [0.15, 0.2) is 67.0 Å². The second-order valence-electron chi connectivity index (χ2n) is 5.55. The van der Waals surface area contributed by atoms with Crippen molar-refractivity contribution in [3.63, 3.8) is 0 Å². The number of fused-ring (bicyclic) bond motifs is 1. The van der Waals surface area contributed by atoms with Crippen molar-refractivity contribution < 1.29 is 0 Å². The van der Waals surface area contributed by atoms with Crippen molar-refractivity contribution >= 4 is 28.9 Å². The highest BCUT2D eigenvalue weighted by molar-refractivity contribution is 6.30. The highest BCUT2D eigenvalue weighted by Gasteiger charge is 2.15. The summed E-state index contributed by atoms with van der Waals surface area (Å²) in [5.41, 5.74) is 4.03. The van der Waals surface area contributed by atoms with E-state index in [1.54, 1.807) is 6.20 Å². The Morgan fingerprint density at radius 1 is 1.00 bits per heavy atom. The molecule has 0 saturated heterocycles. The SMILES string of the molecule is Cc1ccccc1Nc1c(-c2ccc(Cl)cc2)nc2ncccn12. The average molecular weight is 335 g/mol. The molecule has 0 fully saturated rings. The number of aryl methyl sites for hydroxylation is 1. The molecule has 0 amide bonds. The first-order chi connectivity index (χ1) is 11.7. The lowest BCUT2D eigenvalue weighted by molar-refractivity contribution is 1.11. The van der Waals surface area contributed by atoms with E-state index in [4.69, 9.17) is 11.6 Å². The van der Waals surface area contributed by atoms with Gasteiger partial charge in [-0.3, -0.25) is 4.40 Å². The number of imidazole rings is 1. The van der Waals surface area contributed by atoms with Gasteiger partial charge in [0.25, 0.3) is 0 Å². The summed E-state index contributed by atoms with van der Waals surface area (Å²) in [5.74, 6) is 1.54. The number of aromatic nitrogens is 3. The smallest absolute Gasteiger partial charge is 0.235 e. The zero-order chi connectivity index (χ0) is 16.5. The van der Waals surface area contributed by atoms with Crippen LogP contribution in [-0.4, -0.2) is 14.4 Å². The van der Waals surface area contributed by atoms with Crippen LogP contribution < -0.4 is 5.32 Å². The number of nitrogens with one attached hydrogen (secondary N) is 1. The van der Waals surface area contributed by atoms with Gasteiger partial charge in [0.05, 0.1) is 0 Å². The highest BCUT2D eigenvalue weighted by atomic mass is 35.5. The van der Waals surface area contributed by atoms with Crippen LogP contribution in [0.1, 0.15) is 5.56 Å². The van der Waals surface area contributed by atoms with Gasteiger partial charge >= 0.3 is 0 Å². The number of hydrogen-bond donors (Lipinski definition) is 1. The third kappa shape index (κ3) is 2.61. The van der Waals surface area contributed by atoms with Crippen molar-refractivity contribution in [1.29, 1.82) is 0 Å². The largest absolute Gasteiger partial charge is 0.339 e. The predicted molar refractivity (Wildman–Crippen MR) is 97.9 cm³/mol. The van der Waals surface area contributed by atoms with Gasteiger partial charge in [-0.05, 0) is 36.8 Å². The second-order valence-corrected chi connectivity index (χ2v) is 5.98. The standard InChI is InChI=1S/C19H15ClN4/c1-13-5-2-3-6-16(13)22-18-17(14-7-9-15(20)10-8-14)23-19-21-11-4-12-24(18)19/h2-12,22H,1H3. The summed E-state index contributed by atoms with van der Waals surface area (Å²) in [5, 5.41) is 4.21. The van der Waals surface area contributed by atoms with Crippen molar-refractivity contribution in [2.75, 3.05) is 5.32 Å². The van der Waals surface area contributed by atoms with E-state index < -0.39 is 0 Å². The van der Waals surface area contributed by atoms with Crippen molar-refractivity contribution in [2.24, 2.45) is 0 Å². The molecule has 0 aliphatic rings. The van der Waals surface area contributed by atoms with E-state index in [0.717, 1.165) is 22.8 Å². The monoisotopic (exact) mass is 334 g/mol. The summed E-state index contributed by atoms with van der Waals surface area (Å²) in [6.45, 7) is 2.08. The van der Waals surface area contributed by atoms with Gasteiger partial charge in [0.2, 0.25) is 5.78 Å². The molecule has 5 heteroatoms. The topological polar surface area (TPSA) is 42.2 Å². The summed E-state index contributed by atoms with van der Waals surface area (Å²) in [7, 11) is 0. The maximum Gasteiger partial charge on any atom is 0.235 e. The lowest BCUT2D eigenvalue weighted by Gasteiger charge is -2.11. The van der Waals surface area contributed by atoms with Gasteiger partial charge in [-0.15, -0.1) is 0 Å². The third-order valence-electron chi connectivity index (χ3n) is 3.92. The molecule has 4 rings (SSSR count). The number of benzene rings is 2. The minimum Gasteiger partial charge on any atom is -0.339 e. The van der Waals surface area contributed by atoms with Gasteiger partial charge in [-0.2, -0.15) is 0 Å². The summed E-state index contributed by atoms with van der Waals surface area (Å²) in [6, 6.07) is 17.7. The molecule has 0 radical (unpaired) electrons. The molecular formula is C19H15ClN4. The van der Waals surface area contributed by atoms with Gasteiger partial charge < -0.3 is 5.32 Å². The van der Waals surface area contributed by atoms with Crippen LogP contribution in [0, 0.1) is 6.92 Å². The van der Waals surface area contributed by atoms with Gasteiger partial charge in [-0.1, -0.05) is 41.9 Å². The molecule has 0 saturated carbocycles. The molecule has 0 aliphatic carbocycles. The molecule has 2 heterocycles. The van der Waals surface area contributed by atoms with Crippen LogP contribution >= 0.6 is 11.6 Å². The zero-order valence-corrected chi connectivity index (χ0v) is 13.8. The molecule has 0 bridgehead atoms. The minimum atomic E-state index is 0.651. The Morgan fingerprint density at radius 2 is 1.79 bits per heavy atom. The zero-order valence-electron chi connectivity index (χ0n) is 13.1. The van der Waals surface area contributed by atoms with Crippen LogP contribution in [0.25, 0.3) is 17.0 Å². The van der Waals surface area contributed by atoms with Gasteiger partial charge in [0.15, 0.2) is 0 Å². The molecule has 4 aromatic rings. The number of rotatable bonds is 3. The van der Waals surface area contributed by atoms with Crippen molar-refractivity contribution in [3.05, 3.63) is 77.6 Å². The Balaban J connectivity index is 1.90. The molecule has 4 nitrogen and oxygen atoms in total. The molecule has 2 aromatic heterocycles. The van der Waals surface area contributed by atoms with E-state index in [0.29, 0.717) is 10.8 Å². The molecular weight excluding hydrogens is 320 g/mol. The molecule has 24 heavy (non-hydrogen) atoms. The first-order valence-electron chi connectivity index (χ1n) is 7.64. The molecule has 0 spiro atoms. The van der Waals surface area contributed by atoms with E-state index in [-0.39, 0.29) is 0 Å². The Hall–Kier alpha value is -2.85. The Bertz CT molecular complexity index is 1010. The van der Waals surface area contributed by atoms with Crippen molar-refractivity contribution in [2.45, 2.75) is 6.92 Å². The van der Waals surface area contributed by atoms with Crippen LogP contribution in [0.4, 0.5) is 11.5 Å². The van der Waals surface area contributed by atoms with Crippen LogP contribution in [-0.2, 0) is 0 Å². The fourth-order valence-electron chi connectivity index (χ4n) is 2.66. The third-order valence-corrected chi connectivity index (χ3v) is 4.17. The molecule has 0 aliphatic heterocycles. The number of hydrogen-bond acceptors (Lipinski definition) is 3. The van der Waals surface area contributed by atoms with Gasteiger partial charge in [-0.25, -0.2) is 9.97 Å². The quantitative estimate of drug-likeness (QED) is 0.566. The summed E-state index contributed by atoms with van der Waals surface area (Å²) in [6.07, 6.45) is 3.70. The molecule has 2 aromatic carbocycles. The highest BCUT2D eigenvalue weighted by Crippen LogP contribution is 2.32. The van der Waals surface area contributed by atoms with E-state index in [1.165, 1.54) is 5.56 Å². The Labute approximate surface area is 144 Å². The predicted octanol–water partition coefficient (Wildman–Crippen LogP) is 5.10.